The molecule has 0 radical (unpaired) electrons. The number of fused-ring (bicyclic) bond motifs is 1. The van der Waals surface area contributed by atoms with E-state index in [1.807, 2.05) is 65.5 Å². The zero-order valence-corrected chi connectivity index (χ0v) is 17.7. The lowest BCUT2D eigenvalue weighted by molar-refractivity contribution is 0.220. The van der Waals surface area contributed by atoms with Crippen LogP contribution >= 0.6 is 0 Å². The molecule has 0 aliphatic heterocycles. The lowest BCUT2D eigenvalue weighted by Crippen LogP contribution is -2.31. The smallest absolute Gasteiger partial charge is 0.321 e. The van der Waals surface area contributed by atoms with Crippen molar-refractivity contribution in [3.63, 3.8) is 0 Å². The number of hydrogen-bond donors (Lipinski definition) is 1. The van der Waals surface area contributed by atoms with Gasteiger partial charge in [-0.15, -0.1) is 0 Å². The highest BCUT2D eigenvalue weighted by molar-refractivity contribution is 5.90. The van der Waals surface area contributed by atoms with Crippen molar-refractivity contribution in [3.05, 3.63) is 78.3 Å². The Hall–Kier alpha value is -3.74. The van der Waals surface area contributed by atoms with Crippen molar-refractivity contribution < 1.29 is 13.9 Å². The van der Waals surface area contributed by atoms with E-state index in [4.69, 9.17) is 9.15 Å². The summed E-state index contributed by atoms with van der Waals surface area (Å²) in [6, 6.07) is 17.0. The number of nitrogens with one attached hydrogen (secondary N) is 1. The van der Waals surface area contributed by atoms with Crippen LogP contribution in [-0.2, 0) is 19.5 Å². The van der Waals surface area contributed by atoms with E-state index < -0.39 is 0 Å². The number of para-hydroxylation sites is 1. The van der Waals surface area contributed by atoms with Crippen LogP contribution in [0.4, 0.5) is 10.5 Å². The van der Waals surface area contributed by atoms with Gasteiger partial charge in [0.2, 0.25) is 0 Å². The number of nitrogens with zero attached hydrogens (tertiary/aromatic N) is 3. The van der Waals surface area contributed by atoms with Gasteiger partial charge in [0.25, 0.3) is 0 Å². The van der Waals surface area contributed by atoms with Gasteiger partial charge in [0.15, 0.2) is 0 Å². The Bertz CT molecular complexity index is 1150. The minimum Gasteiger partial charge on any atom is -0.492 e. The first-order valence-electron chi connectivity index (χ1n) is 10.4. The van der Waals surface area contributed by atoms with E-state index in [0.29, 0.717) is 31.1 Å². The molecule has 4 aromatic rings. The predicted molar refractivity (Wildman–Crippen MR) is 120 cm³/mol. The molecule has 2 amide bonds. The minimum absolute atomic E-state index is 0.193. The van der Waals surface area contributed by atoms with Crippen LogP contribution in [0.3, 0.4) is 0 Å². The number of aromatic nitrogens is 2. The van der Waals surface area contributed by atoms with Crippen LogP contribution in [0.1, 0.15) is 18.2 Å². The molecule has 0 saturated carbocycles. The molecule has 31 heavy (non-hydrogen) atoms. The van der Waals surface area contributed by atoms with Gasteiger partial charge in [0.1, 0.15) is 23.7 Å². The third-order valence-corrected chi connectivity index (χ3v) is 5.08. The molecule has 7 nitrogen and oxygen atoms in total. The quantitative estimate of drug-likeness (QED) is 0.440. The first-order chi connectivity index (χ1) is 15.1. The number of rotatable bonds is 8. The maximum absolute atomic E-state index is 12.8. The molecular weight excluding hydrogens is 392 g/mol. The Morgan fingerprint density at radius 2 is 2.06 bits per heavy atom. The van der Waals surface area contributed by atoms with Crippen LogP contribution in [0.5, 0.6) is 5.75 Å². The van der Waals surface area contributed by atoms with Crippen molar-refractivity contribution in [1.82, 2.24) is 14.7 Å². The number of benzene rings is 2. The van der Waals surface area contributed by atoms with Crippen LogP contribution in [0, 0.1) is 0 Å². The Labute approximate surface area is 181 Å². The summed E-state index contributed by atoms with van der Waals surface area (Å²) in [6.07, 6.45) is 4.41. The fourth-order valence-corrected chi connectivity index (χ4v) is 3.49. The molecule has 4 rings (SSSR count). The number of hydrogen-bond acceptors (Lipinski definition) is 4. The van der Waals surface area contributed by atoms with Crippen molar-refractivity contribution in [2.75, 3.05) is 19.0 Å². The monoisotopic (exact) mass is 418 g/mol. The summed E-state index contributed by atoms with van der Waals surface area (Å²) in [5, 5.41) is 8.14. The second-order valence-electron chi connectivity index (χ2n) is 7.29. The van der Waals surface area contributed by atoms with Gasteiger partial charge in [-0.05, 0) is 24.3 Å². The van der Waals surface area contributed by atoms with Crippen molar-refractivity contribution in [1.29, 1.82) is 0 Å². The molecule has 0 aliphatic carbocycles. The maximum Gasteiger partial charge on any atom is 0.321 e. The van der Waals surface area contributed by atoms with Crippen molar-refractivity contribution in [3.8, 4) is 5.75 Å². The zero-order chi connectivity index (χ0) is 21.6. The number of carbonyl (C=O) groups excluding carboxylic acids is 1. The molecule has 1 N–H and O–H groups in total. The van der Waals surface area contributed by atoms with E-state index in [-0.39, 0.29) is 6.03 Å². The molecule has 2 aromatic carbocycles. The van der Waals surface area contributed by atoms with Crippen LogP contribution in [0.25, 0.3) is 11.0 Å². The summed E-state index contributed by atoms with van der Waals surface area (Å²) in [6.45, 7) is 3.67. The molecule has 7 heteroatoms. The number of anilines is 1. The van der Waals surface area contributed by atoms with E-state index >= 15 is 0 Å². The molecule has 0 aliphatic rings. The largest absolute Gasteiger partial charge is 0.492 e. The van der Waals surface area contributed by atoms with Crippen LogP contribution in [-0.4, -0.2) is 34.4 Å². The Balaban J connectivity index is 1.38. The second kappa shape index (κ2) is 9.38. The van der Waals surface area contributed by atoms with Gasteiger partial charge in [-0.25, -0.2) is 4.79 Å². The van der Waals surface area contributed by atoms with Crippen LogP contribution in [0.15, 0.2) is 71.4 Å². The number of ether oxygens (including phenoxy) is 1. The normalized spacial score (nSPS) is 10.9. The van der Waals surface area contributed by atoms with Gasteiger partial charge in [0.05, 0.1) is 13.1 Å². The van der Waals surface area contributed by atoms with Crippen molar-refractivity contribution in [2.45, 2.75) is 26.4 Å². The summed E-state index contributed by atoms with van der Waals surface area (Å²) in [5.74, 6) is 1.61. The molecule has 0 bridgehead atoms. The molecule has 0 atom stereocenters. The molecule has 2 heterocycles. The molecule has 0 saturated heterocycles. The van der Waals surface area contributed by atoms with Gasteiger partial charge in [-0.2, -0.15) is 5.10 Å². The average Bonchev–Trinajstić information content (AvgIpc) is 3.42. The molecular formula is C24H26N4O3. The standard InChI is InChI=1S/C24H26N4O3/c1-3-22-21(20-10-4-5-11-23(20)31-22)17-27(2)24(29)26-18-8-6-9-19(16-18)30-15-14-28-13-7-12-25-28/h4-13,16H,3,14-15,17H2,1-2H3,(H,26,29). The molecule has 0 unspecified atom stereocenters. The maximum atomic E-state index is 12.8. The van der Waals surface area contributed by atoms with E-state index in [1.165, 1.54) is 0 Å². The predicted octanol–water partition coefficient (Wildman–Crippen LogP) is 4.93. The van der Waals surface area contributed by atoms with Crippen LogP contribution in [0.2, 0.25) is 0 Å². The lowest BCUT2D eigenvalue weighted by atomic mass is 10.1. The SMILES string of the molecule is CCc1oc2ccccc2c1CN(C)C(=O)Nc1cccc(OCCn2cccn2)c1. The highest BCUT2D eigenvalue weighted by atomic mass is 16.5. The third kappa shape index (κ3) is 4.88. The van der Waals surface area contributed by atoms with Gasteiger partial charge in [-0.1, -0.05) is 31.2 Å². The Morgan fingerprint density at radius 1 is 1.19 bits per heavy atom. The highest BCUT2D eigenvalue weighted by Crippen LogP contribution is 2.27. The lowest BCUT2D eigenvalue weighted by Gasteiger charge is -2.18. The third-order valence-electron chi connectivity index (χ3n) is 5.08. The fraction of sp³-hybridized carbons (Fsp3) is 0.250. The average molecular weight is 418 g/mol. The fourth-order valence-electron chi connectivity index (χ4n) is 3.49. The minimum atomic E-state index is -0.193. The van der Waals surface area contributed by atoms with E-state index in [1.54, 1.807) is 18.1 Å². The summed E-state index contributed by atoms with van der Waals surface area (Å²) >= 11 is 0. The molecule has 160 valence electrons. The van der Waals surface area contributed by atoms with Gasteiger partial charge < -0.3 is 19.4 Å². The number of urea groups is 1. The summed E-state index contributed by atoms with van der Waals surface area (Å²) in [5.41, 5.74) is 2.58. The molecule has 0 spiro atoms. The Kier molecular flexibility index (Phi) is 6.21. The van der Waals surface area contributed by atoms with Gasteiger partial charge in [0, 0.05) is 48.6 Å². The molecule has 2 aromatic heterocycles. The topological polar surface area (TPSA) is 72.5 Å². The van der Waals surface area contributed by atoms with Crippen molar-refractivity contribution in [2.24, 2.45) is 0 Å². The first-order valence-corrected chi connectivity index (χ1v) is 10.4. The number of furan rings is 1. The Morgan fingerprint density at radius 3 is 2.87 bits per heavy atom. The summed E-state index contributed by atoms with van der Waals surface area (Å²) in [4.78, 5) is 14.4. The number of aryl methyl sites for hydroxylation is 1. The van der Waals surface area contributed by atoms with E-state index in [0.717, 1.165) is 28.7 Å². The van der Waals surface area contributed by atoms with E-state index in [9.17, 15) is 4.79 Å². The highest BCUT2D eigenvalue weighted by Gasteiger charge is 2.17. The van der Waals surface area contributed by atoms with E-state index in [2.05, 4.69) is 17.3 Å². The second-order valence-corrected chi connectivity index (χ2v) is 7.29. The number of amides is 2. The zero-order valence-electron chi connectivity index (χ0n) is 17.7. The number of carbonyl (C=O) groups is 1. The van der Waals surface area contributed by atoms with Gasteiger partial charge in [-0.3, -0.25) is 4.68 Å². The summed E-state index contributed by atoms with van der Waals surface area (Å²) < 4.78 is 13.5. The molecule has 0 fully saturated rings. The first kappa shape index (κ1) is 20.5. The summed E-state index contributed by atoms with van der Waals surface area (Å²) in [7, 11) is 1.78. The van der Waals surface area contributed by atoms with Crippen LogP contribution < -0.4 is 10.1 Å². The van der Waals surface area contributed by atoms with Crippen molar-refractivity contribution >= 4 is 22.7 Å². The van der Waals surface area contributed by atoms with Gasteiger partial charge >= 0.3 is 6.03 Å².